The Balaban J connectivity index is 1.84. The van der Waals surface area contributed by atoms with Crippen LogP contribution in [-0.2, 0) is 6.61 Å². The smallest absolute Gasteiger partial charge is 0.170 e. The Kier molecular flexibility index (Phi) is 4.86. The van der Waals surface area contributed by atoms with Crippen LogP contribution in [0.25, 0.3) is 0 Å². The van der Waals surface area contributed by atoms with E-state index in [2.05, 4.69) is 34.4 Å². The first-order valence-corrected chi connectivity index (χ1v) is 7.50. The molecule has 0 fully saturated rings. The fraction of sp³-hybridized carbons (Fsp3) is 0.167. The van der Waals surface area contributed by atoms with Crippen LogP contribution in [-0.4, -0.2) is 28.2 Å². The maximum atomic E-state index is 6.01. The lowest BCUT2D eigenvalue weighted by Crippen LogP contribution is -2.01. The van der Waals surface area contributed by atoms with Crippen LogP contribution in [0, 0.1) is 6.92 Å². The summed E-state index contributed by atoms with van der Waals surface area (Å²) in [6.07, 6.45) is 4.73. The minimum absolute atomic E-state index is 0.454. The Morgan fingerprint density at radius 3 is 2.67 bits per heavy atom. The van der Waals surface area contributed by atoms with Crippen LogP contribution in [0.1, 0.15) is 16.7 Å². The first kappa shape index (κ1) is 15.7. The lowest BCUT2D eigenvalue weighted by Gasteiger charge is -2.13. The lowest BCUT2D eigenvalue weighted by atomic mass is 10.1. The molecule has 0 aliphatic heterocycles. The van der Waals surface area contributed by atoms with Crippen LogP contribution in [0.2, 0.25) is 0 Å². The van der Waals surface area contributed by atoms with Crippen molar-refractivity contribution < 1.29 is 9.47 Å². The molecule has 0 unspecified atom stereocenters. The maximum Gasteiger partial charge on any atom is 0.170 e. The number of ether oxygens (including phenoxy) is 2. The van der Waals surface area contributed by atoms with Crippen molar-refractivity contribution in [2.24, 2.45) is 5.10 Å². The molecule has 0 atom stereocenters. The van der Waals surface area contributed by atoms with Gasteiger partial charge in [-0.05, 0) is 24.6 Å². The van der Waals surface area contributed by atoms with Gasteiger partial charge in [-0.2, -0.15) is 5.10 Å². The second kappa shape index (κ2) is 7.41. The zero-order valence-electron chi connectivity index (χ0n) is 13.6. The molecule has 0 spiro atoms. The van der Waals surface area contributed by atoms with Crippen molar-refractivity contribution in [3.8, 4) is 11.5 Å². The SMILES string of the molecule is COc1cccc(/C=N/n2cnnc2)c1OCc1cccc(C)c1. The minimum Gasteiger partial charge on any atom is -0.493 e. The van der Waals surface area contributed by atoms with E-state index in [1.165, 1.54) is 22.9 Å². The number of nitrogens with zero attached hydrogens (tertiary/aromatic N) is 4. The normalized spacial score (nSPS) is 10.9. The summed E-state index contributed by atoms with van der Waals surface area (Å²) in [5, 5.41) is 11.7. The number of para-hydroxylation sites is 1. The molecule has 6 nitrogen and oxygen atoms in total. The van der Waals surface area contributed by atoms with E-state index in [0.717, 1.165) is 11.1 Å². The molecule has 0 radical (unpaired) electrons. The summed E-state index contributed by atoms with van der Waals surface area (Å²) >= 11 is 0. The molecule has 3 aromatic rings. The number of rotatable bonds is 6. The molecular formula is C18H18N4O2. The molecule has 1 heterocycles. The van der Waals surface area contributed by atoms with Crippen molar-refractivity contribution in [2.75, 3.05) is 7.11 Å². The zero-order chi connectivity index (χ0) is 16.8. The van der Waals surface area contributed by atoms with Crippen LogP contribution in [0.15, 0.2) is 60.2 Å². The summed E-state index contributed by atoms with van der Waals surface area (Å²) in [7, 11) is 1.62. The molecular weight excluding hydrogens is 304 g/mol. The van der Waals surface area contributed by atoms with Gasteiger partial charge in [-0.15, -0.1) is 10.2 Å². The minimum atomic E-state index is 0.454. The Morgan fingerprint density at radius 2 is 1.92 bits per heavy atom. The van der Waals surface area contributed by atoms with Gasteiger partial charge in [0.05, 0.1) is 13.3 Å². The summed E-state index contributed by atoms with van der Waals surface area (Å²) in [4.78, 5) is 0. The summed E-state index contributed by atoms with van der Waals surface area (Å²) in [6, 6.07) is 13.9. The molecule has 0 N–H and O–H groups in total. The van der Waals surface area contributed by atoms with Crippen LogP contribution in [0.3, 0.4) is 0 Å². The number of methoxy groups -OCH3 is 1. The molecule has 6 heteroatoms. The van der Waals surface area contributed by atoms with E-state index in [4.69, 9.17) is 9.47 Å². The summed E-state index contributed by atoms with van der Waals surface area (Å²) in [5.74, 6) is 1.31. The van der Waals surface area contributed by atoms with E-state index < -0.39 is 0 Å². The van der Waals surface area contributed by atoms with Crippen LogP contribution in [0.5, 0.6) is 11.5 Å². The second-order valence-electron chi connectivity index (χ2n) is 5.24. The van der Waals surface area contributed by atoms with Crippen molar-refractivity contribution in [1.29, 1.82) is 0 Å². The predicted molar refractivity (Wildman–Crippen MR) is 91.5 cm³/mol. The van der Waals surface area contributed by atoms with E-state index in [-0.39, 0.29) is 0 Å². The summed E-state index contributed by atoms with van der Waals surface area (Å²) < 4.78 is 12.9. The number of aryl methyl sites for hydroxylation is 1. The largest absolute Gasteiger partial charge is 0.493 e. The molecule has 122 valence electrons. The Hall–Kier alpha value is -3.15. The quantitative estimate of drug-likeness (QED) is 0.654. The highest BCUT2D eigenvalue weighted by molar-refractivity contribution is 5.85. The predicted octanol–water partition coefficient (Wildman–Crippen LogP) is 3.06. The molecule has 2 aromatic carbocycles. The van der Waals surface area contributed by atoms with Crippen molar-refractivity contribution in [2.45, 2.75) is 13.5 Å². The van der Waals surface area contributed by atoms with Gasteiger partial charge in [0.15, 0.2) is 11.5 Å². The van der Waals surface area contributed by atoms with Crippen molar-refractivity contribution >= 4 is 6.21 Å². The van der Waals surface area contributed by atoms with Gasteiger partial charge in [0, 0.05) is 5.56 Å². The number of aromatic nitrogens is 3. The van der Waals surface area contributed by atoms with E-state index in [1.54, 1.807) is 13.3 Å². The van der Waals surface area contributed by atoms with Gasteiger partial charge in [0.1, 0.15) is 19.3 Å². The Morgan fingerprint density at radius 1 is 1.12 bits per heavy atom. The van der Waals surface area contributed by atoms with Gasteiger partial charge in [0.25, 0.3) is 0 Å². The van der Waals surface area contributed by atoms with Gasteiger partial charge in [-0.3, -0.25) is 0 Å². The first-order chi connectivity index (χ1) is 11.8. The van der Waals surface area contributed by atoms with Gasteiger partial charge >= 0.3 is 0 Å². The molecule has 3 rings (SSSR count). The summed E-state index contributed by atoms with van der Waals surface area (Å²) in [5.41, 5.74) is 3.11. The third-order valence-corrected chi connectivity index (χ3v) is 3.43. The van der Waals surface area contributed by atoms with Gasteiger partial charge < -0.3 is 9.47 Å². The third-order valence-electron chi connectivity index (χ3n) is 3.43. The Labute approximate surface area is 140 Å². The van der Waals surface area contributed by atoms with Crippen molar-refractivity contribution in [3.05, 3.63) is 71.8 Å². The van der Waals surface area contributed by atoms with Crippen molar-refractivity contribution in [3.63, 3.8) is 0 Å². The zero-order valence-corrected chi connectivity index (χ0v) is 13.6. The Bertz CT molecular complexity index is 829. The van der Waals surface area contributed by atoms with Crippen LogP contribution in [0.4, 0.5) is 0 Å². The molecule has 24 heavy (non-hydrogen) atoms. The van der Waals surface area contributed by atoms with Crippen LogP contribution < -0.4 is 9.47 Å². The molecule has 0 saturated carbocycles. The molecule has 0 saturated heterocycles. The standard InChI is InChI=1S/C18H18N4O2/c1-14-5-3-6-15(9-14)11-24-18-16(7-4-8-17(18)23-2)10-21-22-12-19-20-13-22/h3-10,12-13H,11H2,1-2H3/b21-10+. The molecule has 0 amide bonds. The van der Waals surface area contributed by atoms with E-state index in [0.29, 0.717) is 18.1 Å². The van der Waals surface area contributed by atoms with Gasteiger partial charge in [-0.1, -0.05) is 35.9 Å². The molecule has 0 bridgehead atoms. The third kappa shape index (κ3) is 3.78. The monoisotopic (exact) mass is 322 g/mol. The van der Waals surface area contributed by atoms with Gasteiger partial charge in [-0.25, -0.2) is 4.68 Å². The van der Waals surface area contributed by atoms with E-state index in [9.17, 15) is 0 Å². The van der Waals surface area contributed by atoms with Crippen LogP contribution >= 0.6 is 0 Å². The summed E-state index contributed by atoms with van der Waals surface area (Å²) in [6.45, 7) is 2.51. The highest BCUT2D eigenvalue weighted by atomic mass is 16.5. The second-order valence-corrected chi connectivity index (χ2v) is 5.24. The average Bonchev–Trinajstić information content (AvgIpc) is 3.12. The number of benzene rings is 2. The highest BCUT2D eigenvalue weighted by Gasteiger charge is 2.10. The fourth-order valence-electron chi connectivity index (χ4n) is 2.29. The molecule has 0 aliphatic carbocycles. The number of hydrogen-bond donors (Lipinski definition) is 0. The first-order valence-electron chi connectivity index (χ1n) is 7.50. The lowest BCUT2D eigenvalue weighted by molar-refractivity contribution is 0.284. The van der Waals surface area contributed by atoms with E-state index in [1.807, 2.05) is 30.3 Å². The average molecular weight is 322 g/mol. The topological polar surface area (TPSA) is 61.5 Å². The molecule has 0 aliphatic rings. The maximum absolute atomic E-state index is 6.01. The fourth-order valence-corrected chi connectivity index (χ4v) is 2.29. The van der Waals surface area contributed by atoms with E-state index >= 15 is 0 Å². The van der Waals surface area contributed by atoms with Gasteiger partial charge in [0.2, 0.25) is 0 Å². The highest BCUT2D eigenvalue weighted by Crippen LogP contribution is 2.31. The van der Waals surface area contributed by atoms with Crippen molar-refractivity contribution in [1.82, 2.24) is 14.9 Å². The molecule has 1 aromatic heterocycles. The number of hydrogen-bond acceptors (Lipinski definition) is 5.